The molecule has 2 aromatic heterocycles. The van der Waals surface area contributed by atoms with E-state index in [-0.39, 0.29) is 5.92 Å². The van der Waals surface area contributed by atoms with Gasteiger partial charge in [-0.15, -0.1) is 0 Å². The molecular weight excluding hydrogens is 518 g/mol. The molecule has 1 saturated carbocycles. The molecule has 2 fully saturated rings. The molecule has 9 heteroatoms. The predicted octanol–water partition coefficient (Wildman–Crippen LogP) is 4.54. The van der Waals surface area contributed by atoms with Gasteiger partial charge in [-0.2, -0.15) is 5.10 Å². The molecule has 1 aromatic carbocycles. The molecule has 0 radical (unpaired) electrons. The quantitative estimate of drug-likeness (QED) is 0.342. The van der Waals surface area contributed by atoms with Crippen molar-refractivity contribution < 1.29 is 4.79 Å². The van der Waals surface area contributed by atoms with Crippen molar-refractivity contribution in [3.63, 3.8) is 0 Å². The van der Waals surface area contributed by atoms with Gasteiger partial charge in [-0.05, 0) is 76.3 Å². The van der Waals surface area contributed by atoms with Crippen LogP contribution in [0, 0.1) is 19.8 Å². The molecule has 3 aromatic rings. The number of hydrogen-bond acceptors (Lipinski definition) is 8. The number of nitrogens with one attached hydrogen (secondary N) is 1. The number of aromatic amines is 1. The molecule has 1 saturated heterocycles. The maximum atomic E-state index is 12.6. The number of piperazine rings is 1. The molecule has 0 bridgehead atoms. The van der Waals surface area contributed by atoms with Gasteiger partial charge in [0, 0.05) is 74.2 Å². The number of nitrogens with zero attached hydrogens (tertiary/aromatic N) is 6. The number of aromatic nitrogens is 4. The summed E-state index contributed by atoms with van der Waals surface area (Å²) in [7, 11) is 4.26. The first-order chi connectivity index (χ1) is 19.3. The van der Waals surface area contributed by atoms with E-state index in [2.05, 4.69) is 76.2 Å². The molecule has 1 aliphatic carbocycles. The minimum Gasteiger partial charge on any atom is -0.354 e. The number of likely N-dealkylation sites (N-methyl/N-ethyl adjacent to an activating group) is 1. The first-order valence-electron chi connectivity index (χ1n) is 14.6. The number of carbonyl (C=O) groups excluding carboxylic acids is 1. The smallest absolute Gasteiger partial charge is 0.194 e. The highest BCUT2D eigenvalue weighted by Crippen LogP contribution is 2.31. The van der Waals surface area contributed by atoms with Crippen LogP contribution in [0.25, 0.3) is 0 Å². The number of H-pyrrole nitrogens is 1. The van der Waals surface area contributed by atoms with E-state index in [1.54, 1.807) is 11.8 Å². The van der Waals surface area contributed by atoms with Crippen LogP contribution in [0.5, 0.6) is 0 Å². The number of carbonyl (C=O) groups is 1. The van der Waals surface area contributed by atoms with Gasteiger partial charge < -0.3 is 9.80 Å². The third kappa shape index (κ3) is 7.50. The second-order valence-corrected chi connectivity index (χ2v) is 12.7. The second kappa shape index (κ2) is 13.3. The van der Waals surface area contributed by atoms with E-state index < -0.39 is 0 Å². The van der Waals surface area contributed by atoms with Crippen molar-refractivity contribution in [2.45, 2.75) is 62.4 Å². The molecule has 214 valence electrons. The van der Waals surface area contributed by atoms with Crippen LogP contribution in [0.1, 0.15) is 53.9 Å². The average molecular weight is 562 g/mol. The number of ketones is 1. The van der Waals surface area contributed by atoms with E-state index in [0.717, 1.165) is 96.2 Å². The third-order valence-corrected chi connectivity index (χ3v) is 9.04. The molecule has 0 atom stereocenters. The predicted molar refractivity (Wildman–Crippen MR) is 161 cm³/mol. The van der Waals surface area contributed by atoms with Gasteiger partial charge in [-0.25, -0.2) is 9.97 Å². The van der Waals surface area contributed by atoms with Crippen molar-refractivity contribution >= 4 is 23.4 Å². The largest absolute Gasteiger partial charge is 0.354 e. The topological polar surface area (TPSA) is 81.2 Å². The standard InChI is InChI=1S/C31H43N7OS/c1-22-19-26(35-34-22)21-28-23(2)30(38-17-15-37(16-18-38)14-13-36(3)4)33-31(32-28)40-27-11-9-24(10-12-27)20-29(39)25-7-5-6-8-25/h9-12,19,25H,5-8,13-18,20-21H2,1-4H3,(H,34,35). The highest BCUT2D eigenvalue weighted by molar-refractivity contribution is 7.99. The molecule has 2 aliphatic rings. The van der Waals surface area contributed by atoms with Gasteiger partial charge in [0.2, 0.25) is 0 Å². The summed E-state index contributed by atoms with van der Waals surface area (Å²) in [4.78, 5) is 31.0. The molecular formula is C31H43N7OS. The third-order valence-electron chi connectivity index (χ3n) is 8.16. The van der Waals surface area contributed by atoms with Crippen LogP contribution >= 0.6 is 11.8 Å². The lowest BCUT2D eigenvalue weighted by Gasteiger charge is -2.36. The van der Waals surface area contributed by atoms with E-state index in [0.29, 0.717) is 18.6 Å². The molecule has 8 nitrogen and oxygen atoms in total. The highest BCUT2D eigenvalue weighted by atomic mass is 32.2. The summed E-state index contributed by atoms with van der Waals surface area (Å²) in [6.45, 7) is 10.3. The average Bonchev–Trinajstić information content (AvgIpc) is 3.63. The number of hydrogen-bond donors (Lipinski definition) is 1. The normalized spacial score (nSPS) is 16.8. The van der Waals surface area contributed by atoms with Crippen LogP contribution in [0.4, 0.5) is 5.82 Å². The summed E-state index contributed by atoms with van der Waals surface area (Å²) in [6.07, 6.45) is 5.71. The Morgan fingerprint density at radius 1 is 1.05 bits per heavy atom. The Morgan fingerprint density at radius 2 is 1.77 bits per heavy atom. The molecule has 0 amide bonds. The van der Waals surface area contributed by atoms with Gasteiger partial charge in [0.1, 0.15) is 11.6 Å². The fourth-order valence-electron chi connectivity index (χ4n) is 5.69. The van der Waals surface area contributed by atoms with Gasteiger partial charge in [0.15, 0.2) is 5.16 Å². The van der Waals surface area contributed by atoms with E-state index in [4.69, 9.17) is 9.97 Å². The zero-order valence-electron chi connectivity index (χ0n) is 24.4. The van der Waals surface area contributed by atoms with Crippen molar-refractivity contribution in [2.24, 2.45) is 5.92 Å². The number of anilines is 1. The summed E-state index contributed by atoms with van der Waals surface area (Å²) in [5.74, 6) is 1.69. The molecule has 1 N–H and O–H groups in total. The lowest BCUT2D eigenvalue weighted by molar-refractivity contribution is -0.122. The van der Waals surface area contributed by atoms with Crippen molar-refractivity contribution in [3.8, 4) is 0 Å². The Hall–Kier alpha value is -2.75. The zero-order valence-corrected chi connectivity index (χ0v) is 25.3. The molecule has 3 heterocycles. The maximum Gasteiger partial charge on any atom is 0.194 e. The number of Topliss-reactive ketones (excluding diaryl/α,β-unsaturated/α-hetero) is 1. The minimum absolute atomic E-state index is 0.264. The fraction of sp³-hybridized carbons (Fsp3) is 0.548. The summed E-state index contributed by atoms with van der Waals surface area (Å²) in [6, 6.07) is 10.5. The van der Waals surface area contributed by atoms with Crippen molar-refractivity contribution in [1.29, 1.82) is 0 Å². The Bertz CT molecular complexity index is 1280. The monoisotopic (exact) mass is 561 g/mol. The zero-order chi connectivity index (χ0) is 28.1. The molecule has 0 unspecified atom stereocenters. The number of rotatable bonds is 11. The van der Waals surface area contributed by atoms with Gasteiger partial charge in [-0.3, -0.25) is 14.8 Å². The van der Waals surface area contributed by atoms with Gasteiger partial charge in [-0.1, -0.05) is 25.0 Å². The summed E-state index contributed by atoms with van der Waals surface area (Å²) < 4.78 is 0. The van der Waals surface area contributed by atoms with E-state index in [1.807, 2.05) is 6.92 Å². The van der Waals surface area contributed by atoms with E-state index in [1.165, 1.54) is 12.8 Å². The van der Waals surface area contributed by atoms with Crippen LogP contribution in [-0.2, 0) is 17.6 Å². The maximum absolute atomic E-state index is 12.6. The first-order valence-corrected chi connectivity index (χ1v) is 15.5. The second-order valence-electron chi connectivity index (χ2n) is 11.6. The Labute approximate surface area is 243 Å². The minimum atomic E-state index is 0.264. The summed E-state index contributed by atoms with van der Waals surface area (Å²) in [5.41, 5.74) is 5.29. The van der Waals surface area contributed by atoms with Gasteiger partial charge in [0.05, 0.1) is 11.4 Å². The van der Waals surface area contributed by atoms with Crippen molar-refractivity contribution in [2.75, 3.05) is 58.3 Å². The van der Waals surface area contributed by atoms with Crippen molar-refractivity contribution in [3.05, 3.63) is 58.5 Å². The van der Waals surface area contributed by atoms with Crippen LogP contribution in [0.15, 0.2) is 40.4 Å². The van der Waals surface area contributed by atoms with E-state index in [9.17, 15) is 4.79 Å². The first kappa shape index (κ1) is 28.8. The van der Waals surface area contributed by atoms with Crippen LogP contribution in [0.3, 0.4) is 0 Å². The highest BCUT2D eigenvalue weighted by Gasteiger charge is 2.24. The summed E-state index contributed by atoms with van der Waals surface area (Å²) >= 11 is 1.59. The molecule has 5 rings (SSSR count). The Morgan fingerprint density at radius 3 is 2.42 bits per heavy atom. The molecule has 40 heavy (non-hydrogen) atoms. The van der Waals surface area contributed by atoms with E-state index >= 15 is 0 Å². The number of aryl methyl sites for hydroxylation is 1. The van der Waals surface area contributed by atoms with Crippen LogP contribution < -0.4 is 4.90 Å². The summed E-state index contributed by atoms with van der Waals surface area (Å²) in [5, 5.41) is 8.29. The number of benzene rings is 1. The van der Waals surface area contributed by atoms with Gasteiger partial charge in [0.25, 0.3) is 0 Å². The van der Waals surface area contributed by atoms with Gasteiger partial charge >= 0.3 is 0 Å². The van der Waals surface area contributed by atoms with Crippen LogP contribution in [0.2, 0.25) is 0 Å². The molecule has 0 spiro atoms. The molecule has 1 aliphatic heterocycles. The van der Waals surface area contributed by atoms with Crippen molar-refractivity contribution in [1.82, 2.24) is 30.0 Å². The SMILES string of the molecule is Cc1cc(Cc2nc(Sc3ccc(CC(=O)C4CCCC4)cc3)nc(N3CCN(CCN(C)C)CC3)c2C)n[nH]1. The Balaban J connectivity index is 1.32. The lowest BCUT2D eigenvalue weighted by atomic mass is 9.97. The fourth-order valence-corrected chi connectivity index (χ4v) is 6.46. The lowest BCUT2D eigenvalue weighted by Crippen LogP contribution is -2.48. The Kier molecular flexibility index (Phi) is 9.55. The van der Waals surface area contributed by atoms with Crippen LogP contribution in [-0.4, -0.2) is 89.1 Å².